The van der Waals surface area contributed by atoms with Crippen LogP contribution in [0.25, 0.3) is 5.69 Å². The number of sulfone groups is 1. The van der Waals surface area contributed by atoms with Gasteiger partial charge in [0, 0.05) is 18.5 Å². The summed E-state index contributed by atoms with van der Waals surface area (Å²) in [5.74, 6) is 1.79. The quantitative estimate of drug-likeness (QED) is 0.639. The lowest BCUT2D eigenvalue weighted by Gasteiger charge is -2.26. The van der Waals surface area contributed by atoms with Gasteiger partial charge in [-0.05, 0) is 38.3 Å². The van der Waals surface area contributed by atoms with E-state index in [1.54, 1.807) is 4.90 Å². The van der Waals surface area contributed by atoms with Gasteiger partial charge in [0.1, 0.15) is 5.82 Å². The second-order valence-electron chi connectivity index (χ2n) is 7.30. The minimum Gasteiger partial charge on any atom is -0.338 e. The van der Waals surface area contributed by atoms with E-state index in [2.05, 4.69) is 10.1 Å². The molecule has 2 aliphatic rings. The van der Waals surface area contributed by atoms with E-state index < -0.39 is 9.84 Å². The maximum Gasteiger partial charge on any atom is 0.233 e. The van der Waals surface area contributed by atoms with Crippen molar-refractivity contribution in [2.75, 3.05) is 23.8 Å². The molecule has 150 valence electrons. The molecule has 1 saturated carbocycles. The normalized spacial score (nSPS) is 21.0. The van der Waals surface area contributed by atoms with Crippen LogP contribution in [0.2, 0.25) is 0 Å². The van der Waals surface area contributed by atoms with Crippen LogP contribution in [0.15, 0.2) is 35.5 Å². The van der Waals surface area contributed by atoms with Gasteiger partial charge in [-0.25, -0.2) is 18.1 Å². The maximum atomic E-state index is 12.7. The molecule has 0 radical (unpaired) electrons. The summed E-state index contributed by atoms with van der Waals surface area (Å²) in [6.45, 7) is 2.40. The molecule has 1 amide bonds. The summed E-state index contributed by atoms with van der Waals surface area (Å²) in [6, 6.07) is 9.70. The Morgan fingerprint density at radius 3 is 2.61 bits per heavy atom. The number of hydrogen-bond donors (Lipinski definition) is 0. The number of benzene rings is 1. The number of para-hydroxylation sites is 1. The Kier molecular flexibility index (Phi) is 5.46. The molecule has 2 fully saturated rings. The zero-order chi connectivity index (χ0) is 19.7. The minimum atomic E-state index is -3.02. The monoisotopic (exact) mass is 420 g/mol. The predicted octanol–water partition coefficient (Wildman–Crippen LogP) is 2.27. The zero-order valence-corrected chi connectivity index (χ0v) is 17.5. The Labute approximate surface area is 169 Å². The third kappa shape index (κ3) is 4.25. The van der Waals surface area contributed by atoms with Gasteiger partial charge in [-0.2, -0.15) is 0 Å². The van der Waals surface area contributed by atoms with Gasteiger partial charge in [-0.3, -0.25) is 4.79 Å². The van der Waals surface area contributed by atoms with Crippen LogP contribution in [-0.2, 0) is 14.6 Å². The standard InChI is InChI=1S/C19H24N4O3S2/c1-2-22(16-10-11-28(25,26)13-16)17(24)12-27-19-20-18(14-8-9-14)23(21-19)15-6-4-3-5-7-15/h3-7,14,16H,2,8-13H2,1H3/t16-/m0/s1. The van der Waals surface area contributed by atoms with E-state index >= 15 is 0 Å². The Morgan fingerprint density at radius 2 is 2.00 bits per heavy atom. The summed E-state index contributed by atoms with van der Waals surface area (Å²) >= 11 is 1.32. The lowest BCUT2D eigenvalue weighted by Crippen LogP contribution is -2.41. The lowest BCUT2D eigenvalue weighted by molar-refractivity contribution is -0.129. The highest BCUT2D eigenvalue weighted by Crippen LogP contribution is 2.40. The van der Waals surface area contributed by atoms with Crippen molar-refractivity contribution in [3.05, 3.63) is 36.2 Å². The Morgan fingerprint density at radius 1 is 1.25 bits per heavy atom. The van der Waals surface area contributed by atoms with Crippen LogP contribution >= 0.6 is 11.8 Å². The predicted molar refractivity (Wildman–Crippen MR) is 109 cm³/mol. The molecule has 0 bridgehead atoms. The van der Waals surface area contributed by atoms with Crippen molar-refractivity contribution in [2.45, 2.75) is 43.3 Å². The first kappa shape index (κ1) is 19.4. The molecule has 1 aromatic heterocycles. The van der Waals surface area contributed by atoms with Crippen molar-refractivity contribution >= 4 is 27.5 Å². The molecule has 1 aliphatic heterocycles. The number of carbonyl (C=O) groups excluding carboxylic acids is 1. The fourth-order valence-corrected chi connectivity index (χ4v) is 6.05. The number of aromatic nitrogens is 3. The van der Waals surface area contributed by atoms with E-state index in [4.69, 9.17) is 0 Å². The third-order valence-corrected chi connectivity index (χ3v) is 7.76. The average molecular weight is 421 g/mol. The van der Waals surface area contributed by atoms with Gasteiger partial charge in [-0.1, -0.05) is 30.0 Å². The summed E-state index contributed by atoms with van der Waals surface area (Å²) in [4.78, 5) is 19.1. The van der Waals surface area contributed by atoms with E-state index in [0.29, 0.717) is 24.0 Å². The molecule has 2 aromatic rings. The van der Waals surface area contributed by atoms with E-state index in [0.717, 1.165) is 24.4 Å². The van der Waals surface area contributed by atoms with E-state index in [9.17, 15) is 13.2 Å². The number of amides is 1. The third-order valence-electron chi connectivity index (χ3n) is 5.19. The smallest absolute Gasteiger partial charge is 0.233 e. The van der Waals surface area contributed by atoms with Crippen molar-refractivity contribution in [2.24, 2.45) is 0 Å². The maximum absolute atomic E-state index is 12.7. The first-order chi connectivity index (χ1) is 13.5. The molecule has 9 heteroatoms. The lowest BCUT2D eigenvalue weighted by atomic mass is 10.2. The van der Waals surface area contributed by atoms with Gasteiger partial charge in [0.15, 0.2) is 9.84 Å². The summed E-state index contributed by atoms with van der Waals surface area (Å²) in [7, 11) is -3.02. The summed E-state index contributed by atoms with van der Waals surface area (Å²) in [5, 5.41) is 5.21. The molecule has 1 saturated heterocycles. The molecule has 0 N–H and O–H groups in total. The van der Waals surface area contributed by atoms with Gasteiger partial charge in [0.2, 0.25) is 11.1 Å². The van der Waals surface area contributed by atoms with E-state index in [-0.39, 0.29) is 29.2 Å². The van der Waals surface area contributed by atoms with Crippen LogP contribution in [0.1, 0.15) is 37.9 Å². The van der Waals surface area contributed by atoms with Crippen molar-refractivity contribution in [1.82, 2.24) is 19.7 Å². The van der Waals surface area contributed by atoms with Crippen LogP contribution < -0.4 is 0 Å². The number of rotatable bonds is 7. The van der Waals surface area contributed by atoms with Gasteiger partial charge in [0.25, 0.3) is 0 Å². The van der Waals surface area contributed by atoms with Crippen LogP contribution in [0.4, 0.5) is 0 Å². The van der Waals surface area contributed by atoms with Crippen molar-refractivity contribution in [1.29, 1.82) is 0 Å². The Bertz CT molecular complexity index is 955. The fraction of sp³-hybridized carbons (Fsp3) is 0.526. The molecule has 2 heterocycles. The largest absolute Gasteiger partial charge is 0.338 e. The van der Waals surface area contributed by atoms with Crippen molar-refractivity contribution in [3.63, 3.8) is 0 Å². The molecule has 1 aromatic carbocycles. The first-order valence-electron chi connectivity index (χ1n) is 9.62. The number of hydrogen-bond acceptors (Lipinski definition) is 6. The van der Waals surface area contributed by atoms with Gasteiger partial charge >= 0.3 is 0 Å². The van der Waals surface area contributed by atoms with Crippen LogP contribution in [0.3, 0.4) is 0 Å². The first-order valence-corrected chi connectivity index (χ1v) is 12.4. The molecule has 4 rings (SSSR count). The highest BCUT2D eigenvalue weighted by Gasteiger charge is 2.34. The zero-order valence-electron chi connectivity index (χ0n) is 15.8. The van der Waals surface area contributed by atoms with Crippen molar-refractivity contribution < 1.29 is 13.2 Å². The average Bonchev–Trinajstić information content (AvgIpc) is 3.34. The topological polar surface area (TPSA) is 85.2 Å². The molecule has 1 atom stereocenters. The Balaban J connectivity index is 1.45. The number of nitrogens with zero attached hydrogens (tertiary/aromatic N) is 4. The molecule has 1 aliphatic carbocycles. The summed E-state index contributed by atoms with van der Waals surface area (Å²) in [6.07, 6.45) is 2.77. The number of carbonyl (C=O) groups is 1. The van der Waals surface area contributed by atoms with Crippen molar-refractivity contribution in [3.8, 4) is 5.69 Å². The van der Waals surface area contributed by atoms with Gasteiger partial charge < -0.3 is 4.90 Å². The van der Waals surface area contributed by atoms with Crippen LogP contribution in [0.5, 0.6) is 0 Å². The van der Waals surface area contributed by atoms with Gasteiger partial charge in [0.05, 0.1) is 22.9 Å². The second-order valence-corrected chi connectivity index (χ2v) is 10.5. The minimum absolute atomic E-state index is 0.0568. The van der Waals surface area contributed by atoms with Crippen LogP contribution in [0, 0.1) is 0 Å². The molecule has 0 spiro atoms. The van der Waals surface area contributed by atoms with Crippen LogP contribution in [-0.4, -0.2) is 63.8 Å². The molecular formula is C19H24N4O3S2. The Hall–Kier alpha value is -1.87. The van der Waals surface area contributed by atoms with Gasteiger partial charge in [-0.15, -0.1) is 5.10 Å². The highest BCUT2D eigenvalue weighted by atomic mass is 32.2. The molecule has 28 heavy (non-hydrogen) atoms. The molecule has 7 nitrogen and oxygen atoms in total. The van der Waals surface area contributed by atoms with E-state index in [1.165, 1.54) is 11.8 Å². The second kappa shape index (κ2) is 7.87. The SMILES string of the molecule is CCN(C(=O)CSc1nc(C2CC2)n(-c2ccccc2)n1)[C@H]1CCS(=O)(=O)C1. The number of thioether (sulfide) groups is 1. The highest BCUT2D eigenvalue weighted by molar-refractivity contribution is 7.99. The van der Waals surface area contributed by atoms with E-state index in [1.807, 2.05) is 41.9 Å². The molecule has 0 unspecified atom stereocenters. The summed E-state index contributed by atoms with van der Waals surface area (Å²) < 4.78 is 25.4. The summed E-state index contributed by atoms with van der Waals surface area (Å²) in [5.41, 5.74) is 0.974. The molecular weight excluding hydrogens is 396 g/mol. The fourth-order valence-electron chi connectivity index (χ4n) is 3.60.